The summed E-state index contributed by atoms with van der Waals surface area (Å²) >= 11 is 0. The van der Waals surface area contributed by atoms with E-state index in [-0.39, 0.29) is 43.4 Å². The Balaban J connectivity index is 0. The van der Waals surface area contributed by atoms with Gasteiger partial charge in [-0.05, 0) is 38.8 Å². The number of ether oxygens (including phenoxy) is 1. The molecule has 3 N–H and O–H groups in total. The molecule has 1 aliphatic rings. The predicted octanol–water partition coefficient (Wildman–Crippen LogP) is 0.355. The highest BCUT2D eigenvalue weighted by Crippen LogP contribution is 2.18. The van der Waals surface area contributed by atoms with E-state index in [1.54, 1.807) is 19.1 Å². The van der Waals surface area contributed by atoms with Crippen LogP contribution in [0.25, 0.3) is 0 Å². The van der Waals surface area contributed by atoms with E-state index in [9.17, 15) is 9.90 Å². The third-order valence-corrected chi connectivity index (χ3v) is 3.80. The molecule has 6 nitrogen and oxygen atoms in total. The zero-order valence-corrected chi connectivity index (χ0v) is 15.4. The normalized spacial score (nSPS) is 18.8. The molecule has 22 heavy (non-hydrogen) atoms. The van der Waals surface area contributed by atoms with Gasteiger partial charge in [-0.25, -0.2) is 0 Å². The summed E-state index contributed by atoms with van der Waals surface area (Å²) in [4.78, 5) is 16.0. The van der Waals surface area contributed by atoms with Crippen LogP contribution in [0.1, 0.15) is 19.8 Å². The van der Waals surface area contributed by atoms with Gasteiger partial charge in [-0.15, -0.1) is 24.8 Å². The molecule has 0 radical (unpaired) electrons. The number of likely N-dealkylation sites (N-methyl/N-ethyl adjacent to an activating group) is 1. The Kier molecular flexibility index (Phi) is 13.5. The Bertz CT molecular complexity index is 301. The molecule has 0 bridgehead atoms. The SMILES string of the molecule is COCC(N)C(=O)N(C)CC1CCN(CC(C)O)CC1.Cl.Cl. The quantitative estimate of drug-likeness (QED) is 0.685. The number of β-amino-alcohol motifs (C(OH)–C–C–N with tert-alkyl or cyclic N) is 1. The van der Waals surface area contributed by atoms with E-state index in [2.05, 4.69) is 4.90 Å². The fourth-order valence-corrected chi connectivity index (χ4v) is 2.74. The number of nitrogens with two attached hydrogens (primary N) is 1. The van der Waals surface area contributed by atoms with Crippen molar-refractivity contribution < 1.29 is 14.6 Å². The van der Waals surface area contributed by atoms with E-state index in [4.69, 9.17) is 10.5 Å². The number of hydrogen-bond acceptors (Lipinski definition) is 5. The second-order valence-electron chi connectivity index (χ2n) is 5.87. The smallest absolute Gasteiger partial charge is 0.241 e. The number of carbonyl (C=O) groups is 1. The molecule has 1 amide bonds. The van der Waals surface area contributed by atoms with E-state index < -0.39 is 6.04 Å². The number of nitrogens with zero attached hydrogens (tertiary/aromatic N) is 2. The molecule has 0 aromatic rings. The molecule has 134 valence electrons. The van der Waals surface area contributed by atoms with Crippen LogP contribution in [0.4, 0.5) is 0 Å². The predicted molar refractivity (Wildman–Crippen MR) is 92.8 cm³/mol. The molecule has 2 unspecified atom stereocenters. The largest absolute Gasteiger partial charge is 0.392 e. The van der Waals surface area contributed by atoms with E-state index in [0.29, 0.717) is 5.92 Å². The minimum absolute atomic E-state index is 0. The molecule has 1 rings (SSSR count). The molecule has 0 spiro atoms. The van der Waals surface area contributed by atoms with Gasteiger partial charge in [0.15, 0.2) is 0 Å². The van der Waals surface area contributed by atoms with Gasteiger partial charge in [-0.2, -0.15) is 0 Å². The number of aliphatic hydroxyl groups excluding tert-OH is 1. The van der Waals surface area contributed by atoms with Crippen molar-refractivity contribution in [3.63, 3.8) is 0 Å². The van der Waals surface area contributed by atoms with Gasteiger partial charge in [-0.1, -0.05) is 0 Å². The van der Waals surface area contributed by atoms with Crippen LogP contribution in [0.5, 0.6) is 0 Å². The number of aliphatic hydroxyl groups is 1. The Morgan fingerprint density at radius 1 is 1.41 bits per heavy atom. The van der Waals surface area contributed by atoms with Crippen LogP contribution in [-0.2, 0) is 9.53 Å². The summed E-state index contributed by atoms with van der Waals surface area (Å²) in [6.45, 7) is 5.54. The van der Waals surface area contributed by atoms with Gasteiger partial charge >= 0.3 is 0 Å². The highest BCUT2D eigenvalue weighted by Gasteiger charge is 2.24. The maximum atomic E-state index is 12.0. The van der Waals surface area contributed by atoms with Crippen molar-refractivity contribution in [3.8, 4) is 0 Å². The summed E-state index contributed by atoms with van der Waals surface area (Å²) < 4.78 is 4.91. The highest BCUT2D eigenvalue weighted by atomic mass is 35.5. The first kappa shape index (κ1) is 24.1. The Labute approximate surface area is 146 Å². The molecule has 1 saturated heterocycles. The first-order valence-corrected chi connectivity index (χ1v) is 7.34. The van der Waals surface area contributed by atoms with Gasteiger partial charge in [-0.3, -0.25) is 4.79 Å². The van der Waals surface area contributed by atoms with Crippen LogP contribution in [-0.4, -0.2) is 79.9 Å². The van der Waals surface area contributed by atoms with Crippen LogP contribution in [0.15, 0.2) is 0 Å². The van der Waals surface area contributed by atoms with Crippen molar-refractivity contribution in [1.29, 1.82) is 0 Å². The van der Waals surface area contributed by atoms with Crippen LogP contribution in [0.2, 0.25) is 0 Å². The standard InChI is InChI=1S/C14H29N3O3.2ClH/c1-11(18)8-17-6-4-12(5-7-17)9-16(2)14(19)13(15)10-20-3;;/h11-13,18H,4-10,15H2,1-3H3;2*1H. The van der Waals surface area contributed by atoms with Crippen molar-refractivity contribution in [1.82, 2.24) is 9.80 Å². The van der Waals surface area contributed by atoms with E-state index >= 15 is 0 Å². The van der Waals surface area contributed by atoms with Crippen molar-refractivity contribution in [2.75, 3.05) is 46.9 Å². The Morgan fingerprint density at radius 2 is 1.95 bits per heavy atom. The lowest BCUT2D eigenvalue weighted by Gasteiger charge is -2.34. The van der Waals surface area contributed by atoms with Gasteiger partial charge in [0.2, 0.25) is 5.91 Å². The maximum Gasteiger partial charge on any atom is 0.241 e. The summed E-state index contributed by atoms with van der Waals surface area (Å²) in [5.41, 5.74) is 5.76. The van der Waals surface area contributed by atoms with Crippen LogP contribution in [0, 0.1) is 5.92 Å². The number of amides is 1. The van der Waals surface area contributed by atoms with E-state index in [1.807, 2.05) is 6.92 Å². The molecule has 1 heterocycles. The van der Waals surface area contributed by atoms with Crippen LogP contribution < -0.4 is 5.73 Å². The summed E-state index contributed by atoms with van der Waals surface area (Å²) in [5.74, 6) is 0.460. The molecular formula is C14H31Cl2N3O3. The number of rotatable bonds is 7. The molecular weight excluding hydrogens is 329 g/mol. The molecule has 0 aromatic carbocycles. The topological polar surface area (TPSA) is 79.0 Å². The lowest BCUT2D eigenvalue weighted by molar-refractivity contribution is -0.133. The van der Waals surface area contributed by atoms with Gasteiger partial charge < -0.3 is 25.4 Å². The summed E-state index contributed by atoms with van der Waals surface area (Å²) in [6.07, 6.45) is 1.84. The van der Waals surface area contributed by atoms with E-state index in [0.717, 1.165) is 39.0 Å². The lowest BCUT2D eigenvalue weighted by Crippen LogP contribution is -2.47. The molecule has 2 atom stereocenters. The van der Waals surface area contributed by atoms with Gasteiger partial charge in [0, 0.05) is 27.2 Å². The Hall–Kier alpha value is -0.110. The number of hydrogen-bond donors (Lipinski definition) is 2. The highest BCUT2D eigenvalue weighted by molar-refractivity contribution is 5.85. The average molecular weight is 360 g/mol. The molecule has 1 fully saturated rings. The summed E-state index contributed by atoms with van der Waals surface area (Å²) in [7, 11) is 3.35. The zero-order chi connectivity index (χ0) is 15.1. The fourth-order valence-electron chi connectivity index (χ4n) is 2.74. The van der Waals surface area contributed by atoms with E-state index in [1.165, 1.54) is 0 Å². The third-order valence-electron chi connectivity index (χ3n) is 3.80. The molecule has 1 aliphatic heterocycles. The lowest BCUT2D eigenvalue weighted by atomic mass is 9.96. The minimum atomic E-state index is -0.569. The van der Waals surface area contributed by atoms with Crippen molar-refractivity contribution in [2.45, 2.75) is 31.9 Å². The van der Waals surface area contributed by atoms with Crippen molar-refractivity contribution in [2.24, 2.45) is 11.7 Å². The number of piperidine rings is 1. The summed E-state index contributed by atoms with van der Waals surface area (Å²) in [5, 5.41) is 9.38. The number of likely N-dealkylation sites (tertiary alicyclic amines) is 1. The van der Waals surface area contributed by atoms with Gasteiger partial charge in [0.1, 0.15) is 6.04 Å². The van der Waals surface area contributed by atoms with Crippen molar-refractivity contribution in [3.05, 3.63) is 0 Å². The second-order valence-corrected chi connectivity index (χ2v) is 5.87. The van der Waals surface area contributed by atoms with Gasteiger partial charge in [0.25, 0.3) is 0 Å². The molecule has 8 heteroatoms. The third kappa shape index (κ3) is 8.50. The molecule has 0 aromatic heterocycles. The molecule has 0 aliphatic carbocycles. The second kappa shape index (κ2) is 12.3. The van der Waals surface area contributed by atoms with Gasteiger partial charge in [0.05, 0.1) is 12.7 Å². The summed E-state index contributed by atoms with van der Waals surface area (Å²) in [6, 6.07) is -0.569. The van der Waals surface area contributed by atoms with Crippen LogP contribution >= 0.6 is 24.8 Å². The first-order valence-electron chi connectivity index (χ1n) is 7.34. The monoisotopic (exact) mass is 359 g/mol. The first-order chi connectivity index (χ1) is 9.43. The number of carbonyl (C=O) groups excluding carboxylic acids is 1. The Morgan fingerprint density at radius 3 is 2.41 bits per heavy atom. The zero-order valence-electron chi connectivity index (χ0n) is 13.7. The minimum Gasteiger partial charge on any atom is -0.392 e. The maximum absolute atomic E-state index is 12.0. The average Bonchev–Trinajstić information content (AvgIpc) is 2.39. The number of methoxy groups -OCH3 is 1. The number of halogens is 2. The fraction of sp³-hybridized carbons (Fsp3) is 0.929. The van der Waals surface area contributed by atoms with Crippen LogP contribution in [0.3, 0.4) is 0 Å². The molecule has 0 saturated carbocycles. The van der Waals surface area contributed by atoms with Crippen molar-refractivity contribution >= 4 is 30.7 Å².